The third-order valence-corrected chi connectivity index (χ3v) is 2.65. The summed E-state index contributed by atoms with van der Waals surface area (Å²) in [5, 5.41) is 0. The van der Waals surface area contributed by atoms with Crippen LogP contribution in [-0.4, -0.2) is 17.5 Å². The Kier molecular flexibility index (Phi) is 3.71. The highest BCUT2D eigenvalue weighted by molar-refractivity contribution is 6.25. The van der Waals surface area contributed by atoms with Gasteiger partial charge in [0, 0.05) is 6.08 Å². The average molecular weight is 256 g/mol. The summed E-state index contributed by atoms with van der Waals surface area (Å²) in [5.41, 5.74) is 0.819. The Balaban J connectivity index is 2.15. The van der Waals surface area contributed by atoms with Gasteiger partial charge < -0.3 is 4.74 Å². The molecule has 96 valence electrons. The second kappa shape index (κ2) is 5.44. The Hall–Kier alpha value is -2.49. The number of ketones is 2. The van der Waals surface area contributed by atoms with Crippen molar-refractivity contribution in [1.82, 2.24) is 0 Å². The van der Waals surface area contributed by atoms with E-state index in [-0.39, 0.29) is 5.76 Å². The van der Waals surface area contributed by atoms with Crippen LogP contribution in [0.5, 0.6) is 0 Å². The van der Waals surface area contributed by atoms with Gasteiger partial charge in [0.2, 0.25) is 0 Å². The van der Waals surface area contributed by atoms with Gasteiger partial charge >= 0.3 is 5.97 Å². The summed E-state index contributed by atoms with van der Waals surface area (Å²) in [7, 11) is 0. The van der Waals surface area contributed by atoms with E-state index in [2.05, 4.69) is 0 Å². The summed E-state index contributed by atoms with van der Waals surface area (Å²) >= 11 is 0. The normalized spacial score (nSPS) is 19.2. The van der Waals surface area contributed by atoms with Gasteiger partial charge in [-0.25, -0.2) is 0 Å². The zero-order valence-electron chi connectivity index (χ0n) is 10.3. The van der Waals surface area contributed by atoms with Gasteiger partial charge in [-0.05, 0) is 18.6 Å². The van der Waals surface area contributed by atoms with Crippen molar-refractivity contribution >= 4 is 23.6 Å². The summed E-state index contributed by atoms with van der Waals surface area (Å²) in [5.74, 6) is -3.07. The number of esters is 1. The zero-order valence-corrected chi connectivity index (χ0v) is 10.3. The molecular formula is C15H12O4. The van der Waals surface area contributed by atoms with Gasteiger partial charge in [0.1, 0.15) is 5.76 Å². The standard InChI is InChI=1S/C15H12O4/c1-10-9-13(17)14(15(18)19-10)12(16)8-7-11-5-3-2-4-6-11/h2-9,14H,1H3/b8-7+/t14-/m1/s1. The molecule has 0 bridgehead atoms. The van der Waals surface area contributed by atoms with Crippen molar-refractivity contribution in [3.63, 3.8) is 0 Å². The van der Waals surface area contributed by atoms with Crippen LogP contribution in [-0.2, 0) is 19.1 Å². The maximum atomic E-state index is 11.9. The molecule has 0 saturated carbocycles. The van der Waals surface area contributed by atoms with Gasteiger partial charge in [0.05, 0.1) is 0 Å². The molecular weight excluding hydrogens is 244 g/mol. The number of carbonyl (C=O) groups is 3. The molecule has 0 spiro atoms. The highest BCUT2D eigenvalue weighted by Gasteiger charge is 2.36. The molecule has 0 fully saturated rings. The molecule has 1 aromatic rings. The Morgan fingerprint density at radius 1 is 1.21 bits per heavy atom. The number of hydrogen-bond acceptors (Lipinski definition) is 4. The van der Waals surface area contributed by atoms with E-state index in [9.17, 15) is 14.4 Å². The second-order valence-electron chi connectivity index (χ2n) is 4.16. The number of allylic oxidation sites excluding steroid dienone is 3. The van der Waals surface area contributed by atoms with E-state index in [1.54, 1.807) is 6.08 Å². The number of hydrogen-bond donors (Lipinski definition) is 0. The van der Waals surface area contributed by atoms with E-state index in [1.807, 2.05) is 30.3 Å². The zero-order chi connectivity index (χ0) is 13.8. The molecule has 0 N–H and O–H groups in total. The lowest BCUT2D eigenvalue weighted by Gasteiger charge is -2.15. The van der Waals surface area contributed by atoms with Crippen LogP contribution in [0.2, 0.25) is 0 Å². The molecule has 1 aromatic carbocycles. The van der Waals surface area contributed by atoms with Crippen molar-refractivity contribution < 1.29 is 19.1 Å². The summed E-state index contributed by atoms with van der Waals surface area (Å²) in [6.07, 6.45) is 3.96. The highest BCUT2D eigenvalue weighted by atomic mass is 16.5. The van der Waals surface area contributed by atoms with E-state index in [0.29, 0.717) is 0 Å². The van der Waals surface area contributed by atoms with E-state index in [4.69, 9.17) is 4.74 Å². The molecule has 4 nitrogen and oxygen atoms in total. The van der Waals surface area contributed by atoms with Gasteiger partial charge in [0.15, 0.2) is 17.5 Å². The summed E-state index contributed by atoms with van der Waals surface area (Å²) in [6, 6.07) is 9.14. The average Bonchev–Trinajstić information content (AvgIpc) is 2.36. The molecule has 19 heavy (non-hydrogen) atoms. The fourth-order valence-corrected chi connectivity index (χ4v) is 1.74. The van der Waals surface area contributed by atoms with Crippen LogP contribution in [0.1, 0.15) is 12.5 Å². The SMILES string of the molecule is CC1=CC(=O)[C@@H](C(=O)/C=C/c2ccccc2)C(=O)O1. The Bertz CT molecular complexity index is 581. The van der Waals surface area contributed by atoms with Crippen LogP contribution >= 0.6 is 0 Å². The molecule has 0 amide bonds. The van der Waals surface area contributed by atoms with Crippen LogP contribution in [0.4, 0.5) is 0 Å². The van der Waals surface area contributed by atoms with Crippen molar-refractivity contribution in [2.24, 2.45) is 5.92 Å². The van der Waals surface area contributed by atoms with Crippen molar-refractivity contribution in [2.75, 3.05) is 0 Å². The fraction of sp³-hybridized carbons (Fsp3) is 0.133. The second-order valence-corrected chi connectivity index (χ2v) is 4.16. The van der Waals surface area contributed by atoms with Crippen LogP contribution in [0.15, 0.2) is 48.2 Å². The summed E-state index contributed by atoms with van der Waals surface area (Å²) in [6.45, 7) is 1.50. The highest BCUT2D eigenvalue weighted by Crippen LogP contribution is 2.16. The molecule has 1 atom stereocenters. The quantitative estimate of drug-likeness (QED) is 0.471. The largest absolute Gasteiger partial charge is 0.430 e. The number of benzene rings is 1. The number of cyclic esters (lactones) is 1. The topological polar surface area (TPSA) is 60.4 Å². The molecule has 4 heteroatoms. The van der Waals surface area contributed by atoms with Crippen molar-refractivity contribution in [2.45, 2.75) is 6.92 Å². The molecule has 0 aromatic heterocycles. The lowest BCUT2D eigenvalue weighted by Crippen LogP contribution is -2.34. The van der Waals surface area contributed by atoms with Crippen molar-refractivity contribution in [3.05, 3.63) is 53.8 Å². The first-order valence-corrected chi connectivity index (χ1v) is 5.79. The van der Waals surface area contributed by atoms with Crippen molar-refractivity contribution in [1.29, 1.82) is 0 Å². The molecule has 1 heterocycles. The van der Waals surface area contributed by atoms with Gasteiger partial charge in [-0.15, -0.1) is 0 Å². The smallest absolute Gasteiger partial charge is 0.329 e. The first-order chi connectivity index (χ1) is 9.08. The van der Waals surface area contributed by atoms with Crippen LogP contribution < -0.4 is 0 Å². The fourth-order valence-electron chi connectivity index (χ4n) is 1.74. The minimum Gasteiger partial charge on any atom is -0.430 e. The summed E-state index contributed by atoms with van der Waals surface area (Å²) in [4.78, 5) is 35.0. The minimum atomic E-state index is -1.37. The lowest BCUT2D eigenvalue weighted by atomic mass is 9.96. The number of ether oxygens (including phenoxy) is 1. The molecule has 2 rings (SSSR count). The first-order valence-electron chi connectivity index (χ1n) is 5.79. The molecule has 0 unspecified atom stereocenters. The monoisotopic (exact) mass is 256 g/mol. The van der Waals surface area contributed by atoms with Gasteiger partial charge in [-0.2, -0.15) is 0 Å². The minimum absolute atomic E-state index is 0.214. The Morgan fingerprint density at radius 2 is 1.89 bits per heavy atom. The van der Waals surface area contributed by atoms with Crippen molar-refractivity contribution in [3.8, 4) is 0 Å². The lowest BCUT2D eigenvalue weighted by molar-refractivity contribution is -0.151. The predicted molar refractivity (Wildman–Crippen MR) is 68.8 cm³/mol. The molecule has 1 aliphatic rings. The van der Waals surface area contributed by atoms with Gasteiger partial charge in [-0.1, -0.05) is 36.4 Å². The van der Waals surface area contributed by atoms with Crippen LogP contribution in [0, 0.1) is 5.92 Å². The number of carbonyl (C=O) groups excluding carboxylic acids is 3. The molecule has 0 radical (unpaired) electrons. The van der Waals surface area contributed by atoms with Gasteiger partial charge in [0.25, 0.3) is 0 Å². The first kappa shape index (κ1) is 13.0. The maximum absolute atomic E-state index is 11.9. The van der Waals surface area contributed by atoms with Crippen LogP contribution in [0.3, 0.4) is 0 Å². The Morgan fingerprint density at radius 3 is 2.53 bits per heavy atom. The summed E-state index contributed by atoms with van der Waals surface area (Å²) < 4.78 is 4.79. The van der Waals surface area contributed by atoms with Crippen LogP contribution in [0.25, 0.3) is 6.08 Å². The molecule has 0 aliphatic carbocycles. The number of rotatable bonds is 3. The van der Waals surface area contributed by atoms with Gasteiger partial charge in [-0.3, -0.25) is 14.4 Å². The third kappa shape index (κ3) is 3.04. The Labute approximate surface area is 110 Å². The molecule has 0 saturated heterocycles. The van der Waals surface area contributed by atoms with E-state index >= 15 is 0 Å². The molecule has 1 aliphatic heterocycles. The third-order valence-electron chi connectivity index (χ3n) is 2.65. The van der Waals surface area contributed by atoms with E-state index in [1.165, 1.54) is 19.1 Å². The van der Waals surface area contributed by atoms with E-state index in [0.717, 1.165) is 5.56 Å². The van der Waals surface area contributed by atoms with E-state index < -0.39 is 23.5 Å². The maximum Gasteiger partial charge on any atom is 0.329 e. The predicted octanol–water partition coefficient (Wildman–Crippen LogP) is 1.91.